The second kappa shape index (κ2) is 7.84. The Labute approximate surface area is 174 Å². The summed E-state index contributed by atoms with van der Waals surface area (Å²) in [5, 5.41) is 69.1. The molecule has 0 unspecified atom stereocenters. The van der Waals surface area contributed by atoms with Crippen molar-refractivity contribution in [1.29, 1.82) is 0 Å². The number of aromatic hydroxyl groups is 3. The monoisotopic (exact) mass is 432 g/mol. The van der Waals surface area contributed by atoms with Gasteiger partial charge in [0.2, 0.25) is 0 Å². The maximum atomic E-state index is 12.6. The molecule has 0 radical (unpaired) electrons. The van der Waals surface area contributed by atoms with Gasteiger partial charge in [0.25, 0.3) is 0 Å². The van der Waals surface area contributed by atoms with Gasteiger partial charge in [-0.1, -0.05) is 0 Å². The van der Waals surface area contributed by atoms with Crippen molar-refractivity contribution in [2.45, 2.75) is 30.5 Å². The summed E-state index contributed by atoms with van der Waals surface area (Å²) < 4.78 is 11.2. The summed E-state index contributed by atoms with van der Waals surface area (Å²) in [6.07, 6.45) is -7.14. The quantitative estimate of drug-likeness (QED) is 0.280. The third-order valence-corrected chi connectivity index (χ3v) is 5.31. The largest absolute Gasteiger partial charge is 0.507 e. The van der Waals surface area contributed by atoms with Gasteiger partial charge in [-0.15, -0.1) is 0 Å². The van der Waals surface area contributed by atoms with Crippen LogP contribution in [0, 0.1) is 0 Å². The molecule has 10 heteroatoms. The Bertz CT molecular complexity index is 1180. The Morgan fingerprint density at radius 3 is 2.26 bits per heavy atom. The van der Waals surface area contributed by atoms with Crippen molar-refractivity contribution in [2.24, 2.45) is 0 Å². The number of ether oxygens (including phenoxy) is 1. The second-order valence-electron chi connectivity index (χ2n) is 7.34. The van der Waals surface area contributed by atoms with E-state index in [9.17, 15) is 40.5 Å². The number of hydrogen-bond donors (Lipinski definition) is 7. The highest BCUT2D eigenvalue weighted by Gasteiger charge is 2.44. The average molecular weight is 432 g/mol. The molecule has 4 rings (SSSR count). The fourth-order valence-electron chi connectivity index (χ4n) is 3.65. The van der Waals surface area contributed by atoms with Crippen molar-refractivity contribution in [3.8, 4) is 28.6 Å². The van der Waals surface area contributed by atoms with Crippen molar-refractivity contribution in [3.05, 3.63) is 52.2 Å². The van der Waals surface area contributed by atoms with Crippen molar-refractivity contribution in [2.75, 3.05) is 6.61 Å². The van der Waals surface area contributed by atoms with E-state index in [1.54, 1.807) is 0 Å². The molecule has 2 heterocycles. The Morgan fingerprint density at radius 2 is 1.58 bits per heavy atom. The molecule has 0 bridgehead atoms. The van der Waals surface area contributed by atoms with Gasteiger partial charge in [0.1, 0.15) is 53.0 Å². The molecule has 1 fully saturated rings. The molecule has 10 nitrogen and oxygen atoms in total. The van der Waals surface area contributed by atoms with E-state index in [4.69, 9.17) is 9.15 Å². The van der Waals surface area contributed by atoms with Crippen LogP contribution in [-0.2, 0) is 4.74 Å². The number of hydrogen-bond acceptors (Lipinski definition) is 10. The van der Waals surface area contributed by atoms with Crippen LogP contribution in [0.3, 0.4) is 0 Å². The highest BCUT2D eigenvalue weighted by atomic mass is 16.5. The number of aliphatic hydroxyl groups excluding tert-OH is 4. The SMILES string of the molecule is O=c1cc(-c2ccc(O)c(O)c2)oc2cc([C@@H]3O[C@H](CO)[C@@H](O)[C@H](O)[C@H]3O)cc(O)c12. The fraction of sp³-hybridized carbons (Fsp3) is 0.286. The smallest absolute Gasteiger partial charge is 0.197 e. The van der Waals surface area contributed by atoms with E-state index >= 15 is 0 Å². The van der Waals surface area contributed by atoms with E-state index in [1.165, 1.54) is 24.3 Å². The van der Waals surface area contributed by atoms with Crippen LogP contribution >= 0.6 is 0 Å². The summed E-state index contributed by atoms with van der Waals surface area (Å²) >= 11 is 0. The van der Waals surface area contributed by atoms with Gasteiger partial charge >= 0.3 is 0 Å². The zero-order chi connectivity index (χ0) is 22.4. The van der Waals surface area contributed by atoms with E-state index < -0.39 is 54.1 Å². The first-order chi connectivity index (χ1) is 14.7. The molecule has 0 spiro atoms. The lowest BCUT2D eigenvalue weighted by Crippen LogP contribution is -2.55. The molecule has 0 amide bonds. The lowest BCUT2D eigenvalue weighted by molar-refractivity contribution is -0.231. The van der Waals surface area contributed by atoms with Crippen molar-refractivity contribution in [1.82, 2.24) is 0 Å². The highest BCUT2D eigenvalue weighted by molar-refractivity contribution is 5.85. The highest BCUT2D eigenvalue weighted by Crippen LogP contribution is 2.37. The van der Waals surface area contributed by atoms with Crippen LogP contribution in [0.1, 0.15) is 11.7 Å². The average Bonchev–Trinajstić information content (AvgIpc) is 2.73. The van der Waals surface area contributed by atoms with Gasteiger partial charge in [-0.2, -0.15) is 0 Å². The Balaban J connectivity index is 1.83. The first-order valence-corrected chi connectivity index (χ1v) is 9.35. The lowest BCUT2D eigenvalue weighted by atomic mass is 9.90. The minimum Gasteiger partial charge on any atom is -0.507 e. The van der Waals surface area contributed by atoms with Crippen LogP contribution in [0.15, 0.2) is 45.6 Å². The molecular formula is C21H20O10. The number of aliphatic hydroxyl groups is 4. The molecule has 3 aromatic rings. The van der Waals surface area contributed by atoms with Crippen molar-refractivity contribution < 1.29 is 44.9 Å². The van der Waals surface area contributed by atoms with E-state index in [2.05, 4.69) is 0 Å². The van der Waals surface area contributed by atoms with E-state index in [1.807, 2.05) is 0 Å². The maximum Gasteiger partial charge on any atom is 0.197 e. The third-order valence-electron chi connectivity index (χ3n) is 5.31. The zero-order valence-electron chi connectivity index (χ0n) is 15.9. The molecule has 0 saturated carbocycles. The van der Waals surface area contributed by atoms with Crippen LogP contribution in [-0.4, -0.2) is 66.8 Å². The van der Waals surface area contributed by atoms with Crippen LogP contribution in [0.2, 0.25) is 0 Å². The number of phenolic OH excluding ortho intramolecular Hbond substituents is 3. The third kappa shape index (κ3) is 3.60. The predicted molar refractivity (Wildman–Crippen MR) is 106 cm³/mol. The van der Waals surface area contributed by atoms with Crippen LogP contribution in [0.4, 0.5) is 0 Å². The molecule has 164 valence electrons. The summed E-state index contributed by atoms with van der Waals surface area (Å²) in [5.74, 6) is -1.19. The summed E-state index contributed by atoms with van der Waals surface area (Å²) in [5.41, 5.74) is -0.230. The molecule has 5 atom stereocenters. The molecule has 1 aromatic heterocycles. The molecule has 31 heavy (non-hydrogen) atoms. The van der Waals surface area contributed by atoms with Crippen LogP contribution in [0.5, 0.6) is 17.2 Å². The van der Waals surface area contributed by atoms with Gasteiger partial charge in [0.05, 0.1) is 6.61 Å². The Kier molecular flexibility index (Phi) is 5.33. The Hall–Kier alpha value is -3.15. The minimum atomic E-state index is -1.62. The normalized spacial score (nSPS) is 26.3. The van der Waals surface area contributed by atoms with Crippen LogP contribution < -0.4 is 5.43 Å². The predicted octanol–water partition coefficient (Wildman–Crippen LogP) is 0.0917. The lowest BCUT2D eigenvalue weighted by Gasteiger charge is -2.40. The minimum absolute atomic E-state index is 0.0400. The standard InChI is InChI=1S/C21H20O10/c22-7-16-18(27)19(28)20(29)21(31-16)9-4-12(25)17-13(26)6-14(30-15(17)5-9)8-1-2-10(23)11(24)3-8/h1-6,16,18-25,27-29H,7H2/t16-,18-,19+,20-,21+/m1/s1. The molecular weight excluding hydrogens is 412 g/mol. The van der Waals surface area contributed by atoms with E-state index in [-0.39, 0.29) is 33.6 Å². The number of rotatable bonds is 3. The van der Waals surface area contributed by atoms with Gasteiger partial charge in [0.15, 0.2) is 16.9 Å². The van der Waals surface area contributed by atoms with Crippen LogP contribution in [0.25, 0.3) is 22.3 Å². The molecule has 1 saturated heterocycles. The van der Waals surface area contributed by atoms with Crippen molar-refractivity contribution in [3.63, 3.8) is 0 Å². The molecule has 1 aliphatic rings. The molecule has 2 aromatic carbocycles. The van der Waals surface area contributed by atoms with Gasteiger partial charge < -0.3 is 44.9 Å². The summed E-state index contributed by atoms with van der Waals surface area (Å²) in [4.78, 5) is 12.6. The topological polar surface area (TPSA) is 181 Å². The van der Waals surface area contributed by atoms with Gasteiger partial charge in [-0.3, -0.25) is 4.79 Å². The van der Waals surface area contributed by atoms with E-state index in [0.29, 0.717) is 0 Å². The second-order valence-corrected chi connectivity index (χ2v) is 7.34. The summed E-state index contributed by atoms with van der Waals surface area (Å²) in [7, 11) is 0. The molecule has 0 aliphatic carbocycles. The molecule has 7 N–H and O–H groups in total. The number of phenols is 3. The first-order valence-electron chi connectivity index (χ1n) is 9.35. The maximum absolute atomic E-state index is 12.6. The summed E-state index contributed by atoms with van der Waals surface area (Å²) in [6, 6.07) is 7.43. The van der Waals surface area contributed by atoms with Crippen molar-refractivity contribution >= 4 is 11.0 Å². The zero-order valence-corrected chi connectivity index (χ0v) is 15.9. The number of fused-ring (bicyclic) bond motifs is 1. The van der Waals surface area contributed by atoms with Gasteiger partial charge in [-0.25, -0.2) is 0 Å². The Morgan fingerprint density at radius 1 is 0.839 bits per heavy atom. The fourth-order valence-corrected chi connectivity index (χ4v) is 3.65. The number of benzene rings is 2. The summed E-state index contributed by atoms with van der Waals surface area (Å²) in [6.45, 7) is -0.620. The van der Waals surface area contributed by atoms with Gasteiger partial charge in [-0.05, 0) is 35.9 Å². The van der Waals surface area contributed by atoms with Gasteiger partial charge in [0, 0.05) is 11.6 Å². The first kappa shape index (κ1) is 21.1. The molecule has 1 aliphatic heterocycles. The van der Waals surface area contributed by atoms with E-state index in [0.717, 1.165) is 12.1 Å².